The minimum atomic E-state index is 0.352. The molecule has 20 heavy (non-hydrogen) atoms. The van der Waals surface area contributed by atoms with Crippen molar-refractivity contribution in [2.45, 2.75) is 20.1 Å². The largest absolute Gasteiger partial charge is 0.624 e. The van der Waals surface area contributed by atoms with Crippen molar-refractivity contribution in [3.63, 3.8) is 0 Å². The fraction of sp³-hybridized carbons (Fsp3) is 0.235. The first-order chi connectivity index (χ1) is 9.75. The van der Waals surface area contributed by atoms with E-state index in [0.717, 1.165) is 15.9 Å². The van der Waals surface area contributed by atoms with Gasteiger partial charge in [0.25, 0.3) is 0 Å². The van der Waals surface area contributed by atoms with Crippen LogP contribution in [0.2, 0.25) is 0 Å². The number of rotatable bonds is 6. The Morgan fingerprint density at radius 1 is 0.950 bits per heavy atom. The van der Waals surface area contributed by atoms with Crippen LogP contribution in [0.1, 0.15) is 18.1 Å². The summed E-state index contributed by atoms with van der Waals surface area (Å²) < 4.78 is 6.55. The van der Waals surface area contributed by atoms with Gasteiger partial charge < -0.3 is 9.94 Å². The minimum Gasteiger partial charge on any atom is -0.624 e. The van der Waals surface area contributed by atoms with E-state index in [9.17, 15) is 5.21 Å². The smallest absolute Gasteiger partial charge is 0.186 e. The molecular weight excluding hydrogens is 250 g/mol. The van der Waals surface area contributed by atoms with Crippen molar-refractivity contribution in [3.05, 3.63) is 77.0 Å². The predicted octanol–water partition coefficient (Wildman–Crippen LogP) is 3.37. The SMILES string of the molecule is C/C(COCc1ccccc1)=[N+](/[O-])Cc1ccccc1. The summed E-state index contributed by atoms with van der Waals surface area (Å²) in [6.45, 7) is 3.05. The molecule has 3 nitrogen and oxygen atoms in total. The molecule has 0 aliphatic rings. The van der Waals surface area contributed by atoms with Gasteiger partial charge in [0.05, 0.1) is 6.61 Å². The van der Waals surface area contributed by atoms with Crippen LogP contribution in [-0.4, -0.2) is 17.1 Å². The maximum absolute atomic E-state index is 12.0. The Balaban J connectivity index is 1.84. The summed E-state index contributed by atoms with van der Waals surface area (Å²) >= 11 is 0. The molecule has 0 atom stereocenters. The Hall–Kier alpha value is -2.13. The fourth-order valence-electron chi connectivity index (χ4n) is 1.85. The Bertz CT molecular complexity index is 550. The Labute approximate surface area is 119 Å². The predicted molar refractivity (Wildman–Crippen MR) is 80.6 cm³/mol. The zero-order chi connectivity index (χ0) is 14.2. The van der Waals surface area contributed by atoms with Gasteiger partial charge in [0.1, 0.15) is 6.61 Å². The third-order valence-electron chi connectivity index (χ3n) is 3.02. The van der Waals surface area contributed by atoms with Gasteiger partial charge in [-0.05, 0) is 5.56 Å². The van der Waals surface area contributed by atoms with Gasteiger partial charge in [-0.25, -0.2) is 4.74 Å². The lowest BCUT2D eigenvalue weighted by Crippen LogP contribution is -2.18. The van der Waals surface area contributed by atoms with E-state index in [0.29, 0.717) is 25.5 Å². The van der Waals surface area contributed by atoms with Crippen LogP contribution in [0.25, 0.3) is 0 Å². The molecule has 0 aliphatic carbocycles. The molecule has 0 unspecified atom stereocenters. The van der Waals surface area contributed by atoms with Crippen LogP contribution in [-0.2, 0) is 17.9 Å². The lowest BCUT2D eigenvalue weighted by molar-refractivity contribution is -0.477. The summed E-state index contributed by atoms with van der Waals surface area (Å²) in [5.74, 6) is 0. The summed E-state index contributed by atoms with van der Waals surface area (Å²) in [5, 5.41) is 12.0. The van der Waals surface area contributed by atoms with Gasteiger partial charge in [-0.1, -0.05) is 60.7 Å². The van der Waals surface area contributed by atoms with Crippen molar-refractivity contribution in [2.75, 3.05) is 6.61 Å². The maximum Gasteiger partial charge on any atom is 0.186 e. The van der Waals surface area contributed by atoms with E-state index < -0.39 is 0 Å². The van der Waals surface area contributed by atoms with E-state index in [-0.39, 0.29) is 0 Å². The van der Waals surface area contributed by atoms with E-state index in [1.807, 2.05) is 60.7 Å². The molecule has 0 spiro atoms. The zero-order valence-electron chi connectivity index (χ0n) is 11.7. The molecule has 0 heterocycles. The summed E-state index contributed by atoms with van der Waals surface area (Å²) in [7, 11) is 0. The lowest BCUT2D eigenvalue weighted by Gasteiger charge is -2.09. The van der Waals surface area contributed by atoms with Gasteiger partial charge >= 0.3 is 0 Å². The van der Waals surface area contributed by atoms with Crippen molar-refractivity contribution < 1.29 is 9.48 Å². The van der Waals surface area contributed by atoms with Crippen LogP contribution in [0.5, 0.6) is 0 Å². The highest BCUT2D eigenvalue weighted by atomic mass is 16.5. The maximum atomic E-state index is 12.0. The minimum absolute atomic E-state index is 0.352. The third kappa shape index (κ3) is 4.52. The molecule has 2 rings (SSSR count). The van der Waals surface area contributed by atoms with Gasteiger partial charge in [0.15, 0.2) is 12.3 Å². The normalized spacial score (nSPS) is 12.1. The van der Waals surface area contributed by atoms with Crippen LogP contribution in [0.15, 0.2) is 60.7 Å². The zero-order valence-corrected chi connectivity index (χ0v) is 11.7. The second kappa shape index (κ2) is 7.46. The van der Waals surface area contributed by atoms with E-state index in [4.69, 9.17) is 4.74 Å². The second-order valence-electron chi connectivity index (χ2n) is 4.74. The van der Waals surface area contributed by atoms with Crippen molar-refractivity contribution in [1.29, 1.82) is 0 Å². The molecule has 0 saturated carbocycles. The van der Waals surface area contributed by atoms with Crippen molar-refractivity contribution in [2.24, 2.45) is 0 Å². The van der Waals surface area contributed by atoms with E-state index in [2.05, 4.69) is 0 Å². The standard InChI is InChI=1S/C17H19NO2/c1-15(13-20-14-17-10-6-3-7-11-17)18(19)12-16-8-4-2-5-9-16/h2-11H,12-14H2,1H3/b18-15-. The second-order valence-corrected chi connectivity index (χ2v) is 4.74. The molecule has 104 valence electrons. The molecule has 0 N–H and O–H groups in total. The lowest BCUT2D eigenvalue weighted by atomic mass is 10.2. The quantitative estimate of drug-likeness (QED) is 0.349. The molecule has 0 aliphatic heterocycles. The van der Waals surface area contributed by atoms with Crippen LogP contribution < -0.4 is 0 Å². The van der Waals surface area contributed by atoms with E-state index in [1.54, 1.807) is 6.92 Å². The van der Waals surface area contributed by atoms with Crippen molar-refractivity contribution in [1.82, 2.24) is 0 Å². The molecule has 0 saturated heterocycles. The first-order valence-corrected chi connectivity index (χ1v) is 6.68. The first kappa shape index (κ1) is 14.3. The molecule has 0 fully saturated rings. The number of hydroxylamine groups is 1. The van der Waals surface area contributed by atoms with Gasteiger partial charge in [-0.3, -0.25) is 0 Å². The Morgan fingerprint density at radius 3 is 2.10 bits per heavy atom. The fourth-order valence-corrected chi connectivity index (χ4v) is 1.85. The van der Waals surface area contributed by atoms with E-state index in [1.165, 1.54) is 0 Å². The van der Waals surface area contributed by atoms with Crippen molar-refractivity contribution in [3.8, 4) is 0 Å². The monoisotopic (exact) mass is 269 g/mol. The van der Waals surface area contributed by atoms with Crippen LogP contribution in [0, 0.1) is 5.21 Å². The van der Waals surface area contributed by atoms with Crippen LogP contribution in [0.3, 0.4) is 0 Å². The van der Waals surface area contributed by atoms with Gasteiger partial charge in [0.2, 0.25) is 0 Å². The van der Waals surface area contributed by atoms with Crippen LogP contribution in [0.4, 0.5) is 0 Å². The molecule has 2 aromatic rings. The van der Waals surface area contributed by atoms with E-state index >= 15 is 0 Å². The van der Waals surface area contributed by atoms with Crippen molar-refractivity contribution >= 4 is 5.71 Å². The average molecular weight is 269 g/mol. The number of hydrogen-bond acceptors (Lipinski definition) is 2. The number of hydrogen-bond donors (Lipinski definition) is 0. The topological polar surface area (TPSA) is 35.3 Å². The molecular formula is C17H19NO2. The average Bonchev–Trinajstić information content (AvgIpc) is 2.49. The number of benzene rings is 2. The first-order valence-electron chi connectivity index (χ1n) is 6.68. The number of nitrogens with zero attached hydrogens (tertiary/aromatic N) is 1. The van der Waals surface area contributed by atoms with Gasteiger partial charge in [-0.15, -0.1) is 0 Å². The van der Waals surface area contributed by atoms with Gasteiger partial charge in [-0.2, -0.15) is 0 Å². The summed E-state index contributed by atoms with van der Waals surface area (Å²) in [6.07, 6.45) is 0. The highest BCUT2D eigenvalue weighted by molar-refractivity contribution is 5.78. The molecule has 3 heteroatoms. The summed E-state index contributed by atoms with van der Waals surface area (Å²) in [5.41, 5.74) is 2.80. The summed E-state index contributed by atoms with van der Waals surface area (Å²) in [6, 6.07) is 19.6. The molecule has 0 amide bonds. The third-order valence-corrected chi connectivity index (χ3v) is 3.02. The highest BCUT2D eigenvalue weighted by Crippen LogP contribution is 2.02. The highest BCUT2D eigenvalue weighted by Gasteiger charge is 2.05. The molecule has 0 radical (unpaired) electrons. The molecule has 0 aromatic heterocycles. The Kier molecular flexibility index (Phi) is 5.33. The molecule has 2 aromatic carbocycles. The Morgan fingerprint density at radius 2 is 1.50 bits per heavy atom. The summed E-state index contributed by atoms with van der Waals surface area (Å²) in [4.78, 5) is 0. The van der Waals surface area contributed by atoms with Gasteiger partial charge in [0, 0.05) is 12.5 Å². The number of ether oxygens (including phenoxy) is 1. The molecule has 0 bridgehead atoms. The van der Waals surface area contributed by atoms with Crippen LogP contribution >= 0.6 is 0 Å².